The number of nitrogens with one attached hydrogen (secondary N) is 1. The van der Waals surface area contributed by atoms with Crippen molar-refractivity contribution in [2.75, 3.05) is 12.9 Å². The summed E-state index contributed by atoms with van der Waals surface area (Å²) in [6.45, 7) is 6.04. The molecule has 0 aromatic heterocycles. The Morgan fingerprint density at radius 2 is 1.81 bits per heavy atom. The highest BCUT2D eigenvalue weighted by molar-refractivity contribution is 7.99. The molecule has 1 atom stereocenters. The monoisotopic (exact) mass is 462 g/mol. The molecule has 0 fully saturated rings. The number of amides is 2. The number of hydrogen-bond acceptors (Lipinski definition) is 4. The fourth-order valence-corrected chi connectivity index (χ4v) is 4.24. The van der Waals surface area contributed by atoms with Crippen LogP contribution in [-0.2, 0) is 21.9 Å². The van der Waals surface area contributed by atoms with Crippen LogP contribution in [0.5, 0.6) is 5.75 Å². The van der Waals surface area contributed by atoms with E-state index in [1.807, 2.05) is 63.2 Å². The van der Waals surface area contributed by atoms with Gasteiger partial charge in [0.15, 0.2) is 0 Å². The number of nitrogens with zero attached hydrogens (tertiary/aromatic N) is 1. The maximum atomic E-state index is 13.2. The molecule has 31 heavy (non-hydrogen) atoms. The fraction of sp³-hybridized carbons (Fsp3) is 0.417. The number of rotatable bonds is 11. The number of methoxy groups -OCH3 is 1. The van der Waals surface area contributed by atoms with Crippen LogP contribution in [-0.4, -0.2) is 41.7 Å². The normalized spacial score (nSPS) is 11.8. The molecule has 0 heterocycles. The van der Waals surface area contributed by atoms with Crippen LogP contribution in [0.1, 0.15) is 38.3 Å². The first-order chi connectivity index (χ1) is 14.8. The summed E-state index contributed by atoms with van der Waals surface area (Å²) >= 11 is 7.87. The van der Waals surface area contributed by atoms with Gasteiger partial charge in [-0.2, -0.15) is 0 Å². The minimum Gasteiger partial charge on any atom is -0.497 e. The zero-order valence-electron chi connectivity index (χ0n) is 18.6. The number of hydrogen-bond donors (Lipinski definition) is 1. The zero-order valence-corrected chi connectivity index (χ0v) is 20.1. The van der Waals surface area contributed by atoms with Crippen molar-refractivity contribution in [2.24, 2.45) is 0 Å². The third kappa shape index (κ3) is 7.78. The van der Waals surface area contributed by atoms with Crippen LogP contribution in [0.25, 0.3) is 0 Å². The summed E-state index contributed by atoms with van der Waals surface area (Å²) in [6.07, 6.45) is 0.526. The topological polar surface area (TPSA) is 58.6 Å². The highest BCUT2D eigenvalue weighted by atomic mass is 35.5. The summed E-state index contributed by atoms with van der Waals surface area (Å²) in [5, 5.41) is 3.53. The van der Waals surface area contributed by atoms with Crippen molar-refractivity contribution in [1.29, 1.82) is 0 Å². The highest BCUT2D eigenvalue weighted by Gasteiger charge is 2.29. The predicted molar refractivity (Wildman–Crippen MR) is 129 cm³/mol. The van der Waals surface area contributed by atoms with E-state index in [1.165, 1.54) is 11.8 Å². The Bertz CT molecular complexity index is 858. The number of thioether (sulfide) groups is 1. The lowest BCUT2D eigenvalue weighted by molar-refractivity contribution is -0.139. The van der Waals surface area contributed by atoms with Crippen LogP contribution < -0.4 is 10.1 Å². The van der Waals surface area contributed by atoms with E-state index in [0.717, 1.165) is 16.9 Å². The van der Waals surface area contributed by atoms with Crippen LogP contribution in [0.2, 0.25) is 5.02 Å². The Hall–Kier alpha value is -2.18. The van der Waals surface area contributed by atoms with E-state index in [9.17, 15) is 9.59 Å². The summed E-state index contributed by atoms with van der Waals surface area (Å²) in [6, 6.07) is 14.7. The van der Waals surface area contributed by atoms with Crippen molar-refractivity contribution in [3.63, 3.8) is 0 Å². The van der Waals surface area contributed by atoms with Gasteiger partial charge in [0.25, 0.3) is 0 Å². The van der Waals surface area contributed by atoms with Gasteiger partial charge in [0.2, 0.25) is 11.8 Å². The fourth-order valence-electron chi connectivity index (χ4n) is 3.17. The van der Waals surface area contributed by atoms with Gasteiger partial charge in [-0.05, 0) is 49.6 Å². The Morgan fingerprint density at radius 1 is 1.13 bits per heavy atom. The highest BCUT2D eigenvalue weighted by Crippen LogP contribution is 2.22. The van der Waals surface area contributed by atoms with Crippen molar-refractivity contribution in [2.45, 2.75) is 51.6 Å². The molecular weight excluding hydrogens is 432 g/mol. The molecule has 2 aromatic rings. The minimum atomic E-state index is -0.548. The van der Waals surface area contributed by atoms with Gasteiger partial charge >= 0.3 is 0 Å². The summed E-state index contributed by atoms with van der Waals surface area (Å²) in [5.74, 6) is 1.56. The van der Waals surface area contributed by atoms with Crippen molar-refractivity contribution in [3.05, 3.63) is 64.7 Å². The van der Waals surface area contributed by atoms with E-state index in [0.29, 0.717) is 23.7 Å². The minimum absolute atomic E-state index is 0.00302. The largest absolute Gasteiger partial charge is 0.497 e. The second kappa shape index (κ2) is 12.6. The lowest BCUT2D eigenvalue weighted by Crippen LogP contribution is -2.51. The standard InChI is InChI=1S/C24H31ClN2O3S/c1-5-22(24(29)26-17(2)3)27(14-19-8-6-7-9-21(19)25)23(28)16-31-15-18-10-12-20(30-4)13-11-18/h6-13,17,22H,5,14-16H2,1-4H3,(H,26,29)/t22-/m1/s1. The van der Waals surface area contributed by atoms with Crippen LogP contribution in [0.3, 0.4) is 0 Å². The second-order valence-electron chi connectivity index (χ2n) is 7.54. The summed E-state index contributed by atoms with van der Waals surface area (Å²) in [7, 11) is 1.63. The summed E-state index contributed by atoms with van der Waals surface area (Å²) < 4.78 is 5.18. The van der Waals surface area contributed by atoms with Crippen molar-refractivity contribution < 1.29 is 14.3 Å². The molecule has 0 aliphatic heterocycles. The molecule has 168 valence electrons. The predicted octanol–water partition coefficient (Wildman–Crippen LogP) is 4.91. The maximum absolute atomic E-state index is 13.2. The Balaban J connectivity index is 2.12. The molecule has 0 bridgehead atoms. The lowest BCUT2D eigenvalue weighted by atomic mass is 10.1. The first-order valence-electron chi connectivity index (χ1n) is 10.4. The molecule has 0 spiro atoms. The smallest absolute Gasteiger partial charge is 0.243 e. The second-order valence-corrected chi connectivity index (χ2v) is 8.93. The number of halogens is 1. The van der Waals surface area contributed by atoms with Crippen molar-refractivity contribution in [1.82, 2.24) is 10.2 Å². The van der Waals surface area contributed by atoms with Crippen molar-refractivity contribution >= 4 is 35.2 Å². The third-order valence-corrected chi connectivity index (χ3v) is 6.13. The average Bonchev–Trinajstić information content (AvgIpc) is 2.74. The van der Waals surface area contributed by atoms with Gasteiger partial charge in [-0.3, -0.25) is 9.59 Å². The van der Waals surface area contributed by atoms with Gasteiger partial charge < -0.3 is 15.0 Å². The molecule has 7 heteroatoms. The molecule has 0 aliphatic carbocycles. The average molecular weight is 463 g/mol. The van der Waals surface area contributed by atoms with E-state index >= 15 is 0 Å². The maximum Gasteiger partial charge on any atom is 0.243 e. The number of benzene rings is 2. The van der Waals surface area contributed by atoms with Gasteiger partial charge in [0.05, 0.1) is 12.9 Å². The summed E-state index contributed by atoms with van der Waals surface area (Å²) in [5.41, 5.74) is 1.94. The van der Waals surface area contributed by atoms with Gasteiger partial charge in [-0.25, -0.2) is 0 Å². The van der Waals surface area contributed by atoms with Crippen LogP contribution >= 0.6 is 23.4 Å². The molecule has 0 aliphatic rings. The van der Waals surface area contributed by atoms with Crippen LogP contribution in [0.15, 0.2) is 48.5 Å². The first kappa shape index (κ1) is 25.1. The Morgan fingerprint density at radius 3 is 2.39 bits per heavy atom. The number of carbonyl (C=O) groups excluding carboxylic acids is 2. The van der Waals surface area contributed by atoms with Gasteiger partial charge in [-0.1, -0.05) is 48.9 Å². The van der Waals surface area contributed by atoms with E-state index < -0.39 is 6.04 Å². The molecule has 5 nitrogen and oxygen atoms in total. The van der Waals surface area contributed by atoms with Crippen LogP contribution in [0.4, 0.5) is 0 Å². The van der Waals surface area contributed by atoms with Gasteiger partial charge in [-0.15, -0.1) is 11.8 Å². The third-order valence-electron chi connectivity index (χ3n) is 4.77. The summed E-state index contributed by atoms with van der Waals surface area (Å²) in [4.78, 5) is 27.7. The Kier molecular flexibility index (Phi) is 10.2. The molecule has 2 rings (SSSR count). The van der Waals surface area contributed by atoms with E-state index in [4.69, 9.17) is 16.3 Å². The molecule has 0 saturated heterocycles. The number of carbonyl (C=O) groups is 2. The molecule has 1 N–H and O–H groups in total. The van der Waals surface area contributed by atoms with Crippen molar-refractivity contribution in [3.8, 4) is 5.75 Å². The quantitative estimate of drug-likeness (QED) is 0.515. The molecule has 2 amide bonds. The molecule has 0 saturated carbocycles. The van der Waals surface area contributed by atoms with Gasteiger partial charge in [0, 0.05) is 23.4 Å². The van der Waals surface area contributed by atoms with E-state index in [-0.39, 0.29) is 23.6 Å². The molecule has 0 unspecified atom stereocenters. The van der Waals surface area contributed by atoms with E-state index in [1.54, 1.807) is 18.1 Å². The molecule has 0 radical (unpaired) electrons. The Labute approximate surface area is 194 Å². The SMILES string of the molecule is CC[C@H](C(=O)NC(C)C)N(Cc1ccccc1Cl)C(=O)CSCc1ccc(OC)cc1. The number of ether oxygens (including phenoxy) is 1. The molecular formula is C24H31ClN2O3S. The molecule has 2 aromatic carbocycles. The first-order valence-corrected chi connectivity index (χ1v) is 11.9. The van der Waals surface area contributed by atoms with Gasteiger partial charge in [0.1, 0.15) is 11.8 Å². The lowest BCUT2D eigenvalue weighted by Gasteiger charge is -2.31. The zero-order chi connectivity index (χ0) is 22.8. The van der Waals surface area contributed by atoms with E-state index in [2.05, 4.69) is 5.32 Å². The van der Waals surface area contributed by atoms with Crippen LogP contribution in [0, 0.1) is 0 Å².